The van der Waals surface area contributed by atoms with Gasteiger partial charge in [-0.25, -0.2) is 0 Å². The number of nitrogens with one attached hydrogen (secondary N) is 1. The van der Waals surface area contributed by atoms with E-state index in [1.165, 1.54) is 0 Å². The summed E-state index contributed by atoms with van der Waals surface area (Å²) in [5.41, 5.74) is 1.39. The fourth-order valence-corrected chi connectivity index (χ4v) is 5.81. The summed E-state index contributed by atoms with van der Waals surface area (Å²) < 4.78 is 13.2. The third-order valence-electron chi connectivity index (χ3n) is 7.95. The molecule has 190 valence electrons. The van der Waals surface area contributed by atoms with Crippen molar-refractivity contribution in [2.75, 3.05) is 20.8 Å². The number of hydrogen-bond donors (Lipinski definition) is 1. The van der Waals surface area contributed by atoms with E-state index in [0.717, 1.165) is 42.1 Å². The molecule has 2 heterocycles. The molecule has 2 aliphatic rings. The molecular formula is C29H35N3O4. The summed E-state index contributed by atoms with van der Waals surface area (Å²) in [5, 5.41) is 4.08. The summed E-state index contributed by atoms with van der Waals surface area (Å²) in [4.78, 5) is 29.9. The lowest BCUT2D eigenvalue weighted by molar-refractivity contribution is -0.133. The first-order chi connectivity index (χ1) is 17.4. The second-order valence-corrected chi connectivity index (χ2v) is 10.3. The van der Waals surface area contributed by atoms with E-state index in [0.29, 0.717) is 30.3 Å². The van der Waals surface area contributed by atoms with E-state index in [-0.39, 0.29) is 23.8 Å². The SMILES string of the molecule is COc1ccc(OC)c2c1cc1n2C[C@](C)(C(=O)NC2CCCC2)N(C[C@H](C)c2ccccc2)C1=O. The molecule has 3 aromatic rings. The fourth-order valence-electron chi connectivity index (χ4n) is 5.81. The van der Waals surface area contributed by atoms with E-state index in [2.05, 4.69) is 24.4 Å². The van der Waals surface area contributed by atoms with E-state index in [9.17, 15) is 9.59 Å². The molecule has 1 aliphatic heterocycles. The number of hydrogen-bond acceptors (Lipinski definition) is 4. The van der Waals surface area contributed by atoms with Gasteiger partial charge in [0.15, 0.2) is 0 Å². The largest absolute Gasteiger partial charge is 0.496 e. The molecule has 0 saturated heterocycles. The Morgan fingerprint density at radius 1 is 1.08 bits per heavy atom. The minimum atomic E-state index is -1.06. The van der Waals surface area contributed by atoms with Crippen molar-refractivity contribution in [1.82, 2.24) is 14.8 Å². The van der Waals surface area contributed by atoms with Crippen LogP contribution in [0.5, 0.6) is 11.5 Å². The summed E-state index contributed by atoms with van der Waals surface area (Å²) in [5.74, 6) is 1.12. The molecule has 0 unspecified atom stereocenters. The Bertz CT molecular complexity index is 1280. The lowest BCUT2D eigenvalue weighted by Crippen LogP contribution is -2.65. The summed E-state index contributed by atoms with van der Waals surface area (Å²) in [6.45, 7) is 4.77. The Hall–Kier alpha value is -3.48. The zero-order valence-electron chi connectivity index (χ0n) is 21.5. The van der Waals surface area contributed by atoms with Crippen molar-refractivity contribution in [2.24, 2.45) is 0 Å². The van der Waals surface area contributed by atoms with Crippen LogP contribution in [0.25, 0.3) is 10.9 Å². The number of methoxy groups -OCH3 is 2. The Balaban J connectivity index is 1.61. The number of nitrogens with zero attached hydrogens (tertiary/aromatic N) is 2. The van der Waals surface area contributed by atoms with Crippen LogP contribution in [-0.4, -0.2) is 53.6 Å². The Labute approximate surface area is 212 Å². The third-order valence-corrected chi connectivity index (χ3v) is 7.95. The van der Waals surface area contributed by atoms with Crippen molar-refractivity contribution in [3.8, 4) is 11.5 Å². The number of amides is 2. The highest BCUT2D eigenvalue weighted by Crippen LogP contribution is 2.40. The zero-order chi connectivity index (χ0) is 25.4. The van der Waals surface area contributed by atoms with Crippen molar-refractivity contribution in [2.45, 2.75) is 63.6 Å². The van der Waals surface area contributed by atoms with Crippen LogP contribution in [-0.2, 0) is 11.3 Å². The topological polar surface area (TPSA) is 72.8 Å². The second kappa shape index (κ2) is 9.52. The van der Waals surface area contributed by atoms with Gasteiger partial charge in [-0.05, 0) is 49.4 Å². The molecule has 1 fully saturated rings. The van der Waals surface area contributed by atoms with E-state index in [1.54, 1.807) is 19.1 Å². The van der Waals surface area contributed by atoms with Crippen LogP contribution >= 0.6 is 0 Å². The summed E-state index contributed by atoms with van der Waals surface area (Å²) in [6.07, 6.45) is 4.22. The Morgan fingerprint density at radius 3 is 2.42 bits per heavy atom. The number of rotatable bonds is 7. The van der Waals surface area contributed by atoms with Crippen LogP contribution in [0, 0.1) is 0 Å². The number of fused-ring (bicyclic) bond motifs is 3. The predicted octanol–water partition coefficient (Wildman–Crippen LogP) is 4.74. The molecule has 5 rings (SSSR count). The molecule has 0 spiro atoms. The van der Waals surface area contributed by atoms with Gasteiger partial charge in [-0.1, -0.05) is 50.1 Å². The molecule has 0 radical (unpaired) electrons. The van der Waals surface area contributed by atoms with Crippen molar-refractivity contribution in [3.63, 3.8) is 0 Å². The van der Waals surface area contributed by atoms with Gasteiger partial charge in [0.25, 0.3) is 5.91 Å². The maximum Gasteiger partial charge on any atom is 0.271 e. The van der Waals surface area contributed by atoms with Crippen LogP contribution < -0.4 is 14.8 Å². The van der Waals surface area contributed by atoms with Gasteiger partial charge in [0, 0.05) is 18.0 Å². The van der Waals surface area contributed by atoms with E-state index in [1.807, 2.05) is 47.9 Å². The van der Waals surface area contributed by atoms with Gasteiger partial charge < -0.3 is 24.3 Å². The third kappa shape index (κ3) is 4.00. The van der Waals surface area contributed by atoms with Gasteiger partial charge in [0.05, 0.1) is 26.3 Å². The van der Waals surface area contributed by atoms with Gasteiger partial charge >= 0.3 is 0 Å². The highest BCUT2D eigenvalue weighted by molar-refractivity contribution is 6.06. The lowest BCUT2D eigenvalue weighted by atomic mass is 9.91. The molecule has 1 saturated carbocycles. The molecular weight excluding hydrogens is 454 g/mol. The number of carbonyl (C=O) groups excluding carboxylic acids is 2. The first kappa shape index (κ1) is 24.2. The van der Waals surface area contributed by atoms with Gasteiger partial charge in [-0.15, -0.1) is 0 Å². The van der Waals surface area contributed by atoms with Crippen molar-refractivity contribution >= 4 is 22.7 Å². The van der Waals surface area contributed by atoms with Crippen LogP contribution in [0.3, 0.4) is 0 Å². The summed E-state index contributed by atoms with van der Waals surface area (Å²) in [7, 11) is 3.23. The minimum absolute atomic E-state index is 0.0637. The maximum absolute atomic E-state index is 14.2. The standard InChI is InChI=1S/C29H35N3O4/c1-19(20-10-6-5-7-11-20)17-32-27(33)23-16-22-24(35-3)14-15-25(36-4)26(22)31(23)18-29(32,2)28(34)30-21-12-8-9-13-21/h5-7,10-11,14-16,19,21H,8-9,12-13,17-18H2,1-4H3,(H,30,34)/t19-,29+/m0/s1. The van der Waals surface area contributed by atoms with Gasteiger partial charge in [-0.2, -0.15) is 0 Å². The smallest absolute Gasteiger partial charge is 0.271 e. The van der Waals surface area contributed by atoms with Crippen LogP contribution in [0.4, 0.5) is 0 Å². The summed E-state index contributed by atoms with van der Waals surface area (Å²) >= 11 is 0. The van der Waals surface area contributed by atoms with Crippen LogP contribution in [0.1, 0.15) is 61.5 Å². The molecule has 0 bridgehead atoms. The van der Waals surface area contributed by atoms with Crippen molar-refractivity contribution in [3.05, 3.63) is 59.8 Å². The molecule has 2 atom stereocenters. The molecule has 36 heavy (non-hydrogen) atoms. The molecule has 2 amide bonds. The zero-order valence-corrected chi connectivity index (χ0v) is 21.5. The number of aromatic nitrogens is 1. The molecule has 2 aromatic carbocycles. The highest BCUT2D eigenvalue weighted by Gasteiger charge is 2.49. The summed E-state index contributed by atoms with van der Waals surface area (Å²) in [6, 6.07) is 15.9. The van der Waals surface area contributed by atoms with Gasteiger partial charge in [-0.3, -0.25) is 9.59 Å². The average Bonchev–Trinajstić information content (AvgIpc) is 3.54. The first-order valence-corrected chi connectivity index (χ1v) is 12.8. The molecule has 7 nitrogen and oxygen atoms in total. The van der Waals surface area contributed by atoms with Crippen molar-refractivity contribution in [1.29, 1.82) is 0 Å². The minimum Gasteiger partial charge on any atom is -0.496 e. The predicted molar refractivity (Wildman–Crippen MR) is 140 cm³/mol. The average molecular weight is 490 g/mol. The molecule has 7 heteroatoms. The van der Waals surface area contributed by atoms with Crippen LogP contribution in [0.15, 0.2) is 48.5 Å². The highest BCUT2D eigenvalue weighted by atomic mass is 16.5. The maximum atomic E-state index is 14.2. The van der Waals surface area contributed by atoms with Crippen LogP contribution in [0.2, 0.25) is 0 Å². The lowest BCUT2D eigenvalue weighted by Gasteiger charge is -2.45. The quantitative estimate of drug-likeness (QED) is 0.521. The van der Waals surface area contributed by atoms with E-state index < -0.39 is 5.54 Å². The second-order valence-electron chi connectivity index (χ2n) is 10.3. The fraction of sp³-hybridized carbons (Fsp3) is 0.448. The number of ether oxygens (including phenoxy) is 2. The monoisotopic (exact) mass is 489 g/mol. The number of benzene rings is 2. The number of carbonyl (C=O) groups is 2. The van der Waals surface area contributed by atoms with Gasteiger partial charge in [0.1, 0.15) is 22.7 Å². The molecule has 1 aliphatic carbocycles. The van der Waals surface area contributed by atoms with Crippen molar-refractivity contribution < 1.29 is 19.1 Å². The van der Waals surface area contributed by atoms with Gasteiger partial charge in [0.2, 0.25) is 5.91 Å². The molecule has 1 aromatic heterocycles. The first-order valence-electron chi connectivity index (χ1n) is 12.8. The Kier molecular flexibility index (Phi) is 6.41. The normalized spacial score (nSPS) is 20.9. The molecule has 1 N–H and O–H groups in total. The van der Waals surface area contributed by atoms with E-state index in [4.69, 9.17) is 9.47 Å². The van der Waals surface area contributed by atoms with E-state index >= 15 is 0 Å². The Morgan fingerprint density at radius 2 is 1.75 bits per heavy atom.